The van der Waals surface area contributed by atoms with Crippen molar-refractivity contribution in [2.75, 3.05) is 0 Å². The molecule has 0 N–H and O–H groups in total. The van der Waals surface area contributed by atoms with Crippen LogP contribution in [-0.4, -0.2) is 12.2 Å². The molecule has 1 aliphatic carbocycles. The van der Waals surface area contributed by atoms with E-state index < -0.39 is 0 Å². The fraction of sp³-hybridized carbons (Fsp3) is 0.333. The molecule has 2 nitrogen and oxygen atoms in total. The SMILES string of the molecule is c1ccc([C@@]23CC[C@]4(c5ccccc5)O[C@@H]4[C@@H]2O3)cc1. The minimum absolute atomic E-state index is 0.0687. The Bertz CT molecular complexity index is 594. The molecule has 1 saturated carbocycles. The molecule has 5 rings (SSSR count). The third-order valence-electron chi connectivity index (χ3n) is 5.15. The van der Waals surface area contributed by atoms with Crippen molar-refractivity contribution in [2.24, 2.45) is 0 Å². The van der Waals surface area contributed by atoms with Gasteiger partial charge in [0.05, 0.1) is 0 Å². The van der Waals surface area contributed by atoms with Gasteiger partial charge in [-0.15, -0.1) is 0 Å². The lowest BCUT2D eigenvalue weighted by molar-refractivity contribution is 0.220. The summed E-state index contributed by atoms with van der Waals surface area (Å²) in [5.41, 5.74) is 2.48. The van der Waals surface area contributed by atoms with Gasteiger partial charge in [0.15, 0.2) is 0 Å². The molecule has 0 bridgehead atoms. The highest BCUT2D eigenvalue weighted by Gasteiger charge is 2.77. The summed E-state index contributed by atoms with van der Waals surface area (Å²) < 4.78 is 12.3. The molecule has 0 amide bonds. The van der Waals surface area contributed by atoms with Gasteiger partial charge < -0.3 is 9.47 Å². The van der Waals surface area contributed by atoms with Crippen LogP contribution < -0.4 is 0 Å². The number of benzene rings is 2. The maximum Gasteiger partial charge on any atom is 0.123 e. The molecular formula is C18H16O2. The van der Waals surface area contributed by atoms with Crippen molar-refractivity contribution in [1.29, 1.82) is 0 Å². The first-order valence-corrected chi connectivity index (χ1v) is 7.32. The topological polar surface area (TPSA) is 25.1 Å². The molecular weight excluding hydrogens is 248 g/mol. The van der Waals surface area contributed by atoms with Crippen molar-refractivity contribution < 1.29 is 9.47 Å². The van der Waals surface area contributed by atoms with Gasteiger partial charge in [0.25, 0.3) is 0 Å². The molecule has 4 atom stereocenters. The highest BCUT2D eigenvalue weighted by atomic mass is 16.7. The summed E-state index contributed by atoms with van der Waals surface area (Å²) in [5.74, 6) is 0. The summed E-state index contributed by atoms with van der Waals surface area (Å²) in [7, 11) is 0. The summed E-state index contributed by atoms with van der Waals surface area (Å²) in [6, 6.07) is 21.2. The van der Waals surface area contributed by atoms with Crippen LogP contribution in [0.2, 0.25) is 0 Å². The second-order valence-electron chi connectivity index (χ2n) is 6.09. The minimum Gasteiger partial charge on any atom is -0.358 e. The van der Waals surface area contributed by atoms with Gasteiger partial charge >= 0.3 is 0 Å². The van der Waals surface area contributed by atoms with Crippen LogP contribution in [0.4, 0.5) is 0 Å². The highest BCUT2D eigenvalue weighted by molar-refractivity contribution is 5.40. The Balaban J connectivity index is 1.48. The van der Waals surface area contributed by atoms with E-state index in [1.54, 1.807) is 0 Å². The Morgan fingerprint density at radius 2 is 1.05 bits per heavy atom. The molecule has 3 aliphatic rings. The van der Waals surface area contributed by atoms with Crippen LogP contribution in [0, 0.1) is 0 Å². The van der Waals surface area contributed by atoms with Crippen molar-refractivity contribution in [2.45, 2.75) is 36.3 Å². The number of hydrogen-bond acceptors (Lipinski definition) is 2. The van der Waals surface area contributed by atoms with E-state index in [2.05, 4.69) is 60.7 Å². The molecule has 2 aromatic carbocycles. The molecule has 2 heteroatoms. The maximum absolute atomic E-state index is 6.13. The zero-order chi connectivity index (χ0) is 13.2. The molecule has 0 aromatic heterocycles. The van der Waals surface area contributed by atoms with Crippen molar-refractivity contribution >= 4 is 0 Å². The van der Waals surface area contributed by atoms with Gasteiger partial charge in [-0.2, -0.15) is 0 Å². The standard InChI is InChI=1S/C18H16O2/c1-3-7-13(8-4-1)17-11-12-18(14-9-5-2-6-10-14)16(20-18)15(17)19-17/h1-10,15-16H,11-12H2/t15-,16+,17-,18+. The first-order valence-electron chi connectivity index (χ1n) is 7.32. The lowest BCUT2D eigenvalue weighted by Crippen LogP contribution is -2.28. The zero-order valence-corrected chi connectivity index (χ0v) is 11.2. The Morgan fingerprint density at radius 3 is 1.45 bits per heavy atom. The Labute approximate surface area is 118 Å². The van der Waals surface area contributed by atoms with E-state index in [-0.39, 0.29) is 23.4 Å². The van der Waals surface area contributed by atoms with E-state index in [9.17, 15) is 0 Å². The van der Waals surface area contributed by atoms with E-state index in [0.717, 1.165) is 12.8 Å². The first-order chi connectivity index (χ1) is 9.85. The number of fused-ring (bicyclic) bond motifs is 3. The molecule has 100 valence electrons. The van der Waals surface area contributed by atoms with E-state index in [0.29, 0.717) is 0 Å². The molecule has 2 saturated heterocycles. The van der Waals surface area contributed by atoms with Crippen molar-refractivity contribution in [3.63, 3.8) is 0 Å². The summed E-state index contributed by atoms with van der Waals surface area (Å²) >= 11 is 0. The lowest BCUT2D eigenvalue weighted by Gasteiger charge is -2.21. The second kappa shape index (κ2) is 3.51. The van der Waals surface area contributed by atoms with Crippen LogP contribution >= 0.6 is 0 Å². The lowest BCUT2D eigenvalue weighted by atomic mass is 9.76. The summed E-state index contributed by atoms with van der Waals surface area (Å²) in [5, 5.41) is 0. The van der Waals surface area contributed by atoms with E-state index in [1.165, 1.54) is 11.1 Å². The zero-order valence-electron chi connectivity index (χ0n) is 11.2. The summed E-state index contributed by atoms with van der Waals surface area (Å²) in [4.78, 5) is 0. The number of epoxide rings is 2. The summed E-state index contributed by atoms with van der Waals surface area (Å²) in [6.07, 6.45) is 2.57. The van der Waals surface area contributed by atoms with Crippen LogP contribution in [0.5, 0.6) is 0 Å². The monoisotopic (exact) mass is 264 g/mol. The number of hydrogen-bond donors (Lipinski definition) is 0. The van der Waals surface area contributed by atoms with Gasteiger partial charge in [-0.05, 0) is 24.0 Å². The average Bonchev–Trinajstić information content (AvgIpc) is 3.40. The van der Waals surface area contributed by atoms with Gasteiger partial charge in [-0.3, -0.25) is 0 Å². The molecule has 0 radical (unpaired) electrons. The van der Waals surface area contributed by atoms with Crippen molar-refractivity contribution in [1.82, 2.24) is 0 Å². The van der Waals surface area contributed by atoms with Gasteiger partial charge in [-0.25, -0.2) is 0 Å². The quantitative estimate of drug-likeness (QED) is 0.777. The molecule has 0 spiro atoms. The van der Waals surface area contributed by atoms with Crippen LogP contribution in [0.25, 0.3) is 0 Å². The van der Waals surface area contributed by atoms with Gasteiger partial charge in [-0.1, -0.05) is 60.7 Å². The smallest absolute Gasteiger partial charge is 0.123 e. The largest absolute Gasteiger partial charge is 0.358 e. The molecule has 20 heavy (non-hydrogen) atoms. The van der Waals surface area contributed by atoms with Crippen LogP contribution in [0.15, 0.2) is 60.7 Å². The van der Waals surface area contributed by atoms with E-state index >= 15 is 0 Å². The fourth-order valence-corrected chi connectivity index (χ4v) is 3.97. The molecule has 2 aromatic rings. The van der Waals surface area contributed by atoms with Gasteiger partial charge in [0.1, 0.15) is 23.4 Å². The maximum atomic E-state index is 6.13. The fourth-order valence-electron chi connectivity index (χ4n) is 3.97. The average molecular weight is 264 g/mol. The third kappa shape index (κ3) is 1.26. The van der Waals surface area contributed by atoms with Crippen molar-refractivity contribution in [3.8, 4) is 0 Å². The summed E-state index contributed by atoms with van der Waals surface area (Å²) in [6.45, 7) is 0. The predicted molar refractivity (Wildman–Crippen MR) is 75.2 cm³/mol. The normalized spacial score (nSPS) is 40.6. The third-order valence-corrected chi connectivity index (χ3v) is 5.15. The van der Waals surface area contributed by atoms with Crippen LogP contribution in [-0.2, 0) is 20.7 Å². The van der Waals surface area contributed by atoms with Crippen LogP contribution in [0.3, 0.4) is 0 Å². The van der Waals surface area contributed by atoms with E-state index in [1.807, 2.05) is 0 Å². The highest BCUT2D eigenvalue weighted by Crippen LogP contribution is 2.68. The van der Waals surface area contributed by atoms with Crippen molar-refractivity contribution in [3.05, 3.63) is 71.8 Å². The number of ether oxygens (including phenoxy) is 2. The predicted octanol–water partition coefficient (Wildman–Crippen LogP) is 3.37. The molecule has 2 heterocycles. The molecule has 2 aliphatic heterocycles. The Kier molecular flexibility index (Phi) is 1.94. The molecule has 3 fully saturated rings. The number of rotatable bonds is 2. The molecule has 0 unspecified atom stereocenters. The van der Waals surface area contributed by atoms with Gasteiger partial charge in [0, 0.05) is 0 Å². The second-order valence-corrected chi connectivity index (χ2v) is 6.09. The van der Waals surface area contributed by atoms with E-state index in [4.69, 9.17) is 9.47 Å². The Hall–Kier alpha value is -1.64. The van der Waals surface area contributed by atoms with Crippen LogP contribution in [0.1, 0.15) is 24.0 Å². The van der Waals surface area contributed by atoms with Gasteiger partial charge in [0.2, 0.25) is 0 Å². The Morgan fingerprint density at radius 1 is 0.650 bits per heavy atom. The minimum atomic E-state index is -0.0687. The first kappa shape index (κ1) is 11.1.